The zero-order valence-electron chi connectivity index (χ0n) is 12.9. The van der Waals surface area contributed by atoms with Gasteiger partial charge in [0.1, 0.15) is 18.3 Å². The van der Waals surface area contributed by atoms with E-state index in [1.807, 2.05) is 30.3 Å². The first-order valence-corrected chi connectivity index (χ1v) is 9.23. The molecule has 0 spiro atoms. The zero-order valence-corrected chi connectivity index (χ0v) is 14.6. The fourth-order valence-electron chi connectivity index (χ4n) is 1.63. The standard InChI is InChI=1S/C14H23ClO5Si/c1-12(16-3)18-21(11-10-15,19-13(2)17-4)20-14-8-6-5-7-9-14/h5-9,12-13H,10-11H2,1-4H3. The number of benzene rings is 1. The van der Waals surface area contributed by atoms with E-state index in [9.17, 15) is 0 Å². The summed E-state index contributed by atoms with van der Waals surface area (Å²) in [5.74, 6) is 1.02. The molecule has 2 atom stereocenters. The van der Waals surface area contributed by atoms with Crippen molar-refractivity contribution in [3.63, 3.8) is 0 Å². The average Bonchev–Trinajstić information content (AvgIpc) is 2.48. The Kier molecular flexibility index (Phi) is 8.24. The van der Waals surface area contributed by atoms with E-state index in [-0.39, 0.29) is 0 Å². The number of para-hydroxylation sites is 1. The maximum Gasteiger partial charge on any atom is 0.571 e. The number of methoxy groups -OCH3 is 2. The van der Waals surface area contributed by atoms with Crippen molar-refractivity contribution in [2.45, 2.75) is 32.5 Å². The van der Waals surface area contributed by atoms with Gasteiger partial charge < -0.3 is 22.8 Å². The second kappa shape index (κ2) is 9.40. The van der Waals surface area contributed by atoms with Crippen LogP contribution in [0.4, 0.5) is 0 Å². The van der Waals surface area contributed by atoms with Crippen LogP contribution in [0.15, 0.2) is 30.3 Å². The van der Waals surface area contributed by atoms with Crippen LogP contribution in [0, 0.1) is 0 Å². The van der Waals surface area contributed by atoms with Gasteiger partial charge in [-0.3, -0.25) is 0 Å². The van der Waals surface area contributed by atoms with E-state index in [2.05, 4.69) is 0 Å². The largest absolute Gasteiger partial charge is 0.571 e. The molecule has 0 heterocycles. The second-order valence-electron chi connectivity index (χ2n) is 4.38. The lowest BCUT2D eigenvalue weighted by Crippen LogP contribution is -2.53. The van der Waals surface area contributed by atoms with Crippen LogP contribution >= 0.6 is 11.6 Å². The molecule has 0 saturated heterocycles. The average molecular weight is 335 g/mol. The molecule has 0 radical (unpaired) electrons. The van der Waals surface area contributed by atoms with E-state index < -0.39 is 21.4 Å². The van der Waals surface area contributed by atoms with Crippen molar-refractivity contribution < 1.29 is 22.8 Å². The summed E-state index contributed by atoms with van der Waals surface area (Å²) in [6, 6.07) is 9.82. The summed E-state index contributed by atoms with van der Waals surface area (Å²) in [4.78, 5) is 0. The Balaban J connectivity index is 2.97. The topological polar surface area (TPSA) is 46.2 Å². The Morgan fingerprint density at radius 2 is 1.52 bits per heavy atom. The van der Waals surface area contributed by atoms with Gasteiger partial charge in [-0.1, -0.05) is 18.2 Å². The zero-order chi connectivity index (χ0) is 15.7. The van der Waals surface area contributed by atoms with Crippen LogP contribution in [0.1, 0.15) is 13.8 Å². The summed E-state index contributed by atoms with van der Waals surface area (Å²) in [6.45, 7) is 3.57. The Morgan fingerprint density at radius 3 is 1.95 bits per heavy atom. The molecule has 0 aliphatic rings. The monoisotopic (exact) mass is 334 g/mol. The summed E-state index contributed by atoms with van der Waals surface area (Å²) in [5.41, 5.74) is 0. The van der Waals surface area contributed by atoms with Crippen molar-refractivity contribution in [1.29, 1.82) is 0 Å². The first-order chi connectivity index (χ1) is 10.0. The molecule has 5 nitrogen and oxygen atoms in total. The van der Waals surface area contributed by atoms with Crippen LogP contribution in [0.2, 0.25) is 6.04 Å². The molecule has 0 amide bonds. The number of alkyl halides is 1. The highest BCUT2D eigenvalue weighted by atomic mass is 35.5. The molecule has 0 aromatic heterocycles. The van der Waals surface area contributed by atoms with Crippen LogP contribution in [0.3, 0.4) is 0 Å². The molecule has 1 aromatic rings. The smallest absolute Gasteiger partial charge is 0.501 e. The summed E-state index contributed by atoms with van der Waals surface area (Å²) in [6.07, 6.45) is -0.930. The molecule has 0 aliphatic carbocycles. The minimum absolute atomic E-state index is 0.353. The lowest BCUT2D eigenvalue weighted by Gasteiger charge is -2.33. The normalized spacial score (nSPS) is 17.0. The van der Waals surface area contributed by atoms with E-state index >= 15 is 0 Å². The Bertz CT molecular complexity index is 380. The van der Waals surface area contributed by atoms with Gasteiger partial charge in [0.2, 0.25) is 0 Å². The SMILES string of the molecule is COC(C)O[Si](CCCl)(Oc1ccccc1)OC(C)OC. The molecule has 2 unspecified atom stereocenters. The number of hydrogen-bond donors (Lipinski definition) is 0. The minimum atomic E-state index is -3.09. The van der Waals surface area contributed by atoms with Gasteiger partial charge in [0.15, 0.2) is 0 Å². The number of hydrogen-bond acceptors (Lipinski definition) is 5. The van der Waals surface area contributed by atoms with Gasteiger partial charge in [-0.2, -0.15) is 0 Å². The third-order valence-electron chi connectivity index (χ3n) is 2.77. The first-order valence-electron chi connectivity index (χ1n) is 6.76. The summed E-state index contributed by atoms with van der Waals surface area (Å²) in [7, 11) is 0.0382. The van der Waals surface area contributed by atoms with Crippen LogP contribution in [-0.4, -0.2) is 41.5 Å². The molecule has 1 aromatic carbocycles. The third kappa shape index (κ3) is 6.33. The van der Waals surface area contributed by atoms with Crippen molar-refractivity contribution in [2.24, 2.45) is 0 Å². The van der Waals surface area contributed by atoms with Gasteiger partial charge in [-0.25, -0.2) is 0 Å². The molecule has 1 rings (SSSR count). The van der Waals surface area contributed by atoms with E-state index in [1.54, 1.807) is 28.1 Å². The molecule has 0 aliphatic heterocycles. The van der Waals surface area contributed by atoms with E-state index in [0.29, 0.717) is 17.7 Å². The van der Waals surface area contributed by atoms with Gasteiger partial charge in [0.05, 0.1) is 0 Å². The quantitative estimate of drug-likeness (QED) is 0.373. The Hall–Kier alpha value is -0.633. The van der Waals surface area contributed by atoms with Crippen molar-refractivity contribution in [3.05, 3.63) is 30.3 Å². The molecule has 0 fully saturated rings. The van der Waals surface area contributed by atoms with Gasteiger partial charge in [-0.05, 0) is 26.0 Å². The molecule has 7 heteroatoms. The molecule has 21 heavy (non-hydrogen) atoms. The Morgan fingerprint density at radius 1 is 1.00 bits per heavy atom. The first kappa shape index (κ1) is 18.4. The van der Waals surface area contributed by atoms with E-state index in [4.69, 9.17) is 34.4 Å². The second-order valence-corrected chi connectivity index (χ2v) is 7.30. The highest BCUT2D eigenvalue weighted by Gasteiger charge is 2.46. The number of halogens is 1. The van der Waals surface area contributed by atoms with Crippen molar-refractivity contribution in [1.82, 2.24) is 0 Å². The highest BCUT2D eigenvalue weighted by Crippen LogP contribution is 2.24. The summed E-state index contributed by atoms with van der Waals surface area (Å²) in [5, 5.41) is 0. The predicted octanol–water partition coefficient (Wildman–Crippen LogP) is 3.26. The van der Waals surface area contributed by atoms with Crippen LogP contribution < -0.4 is 4.43 Å². The lowest BCUT2D eigenvalue weighted by molar-refractivity contribution is -0.121. The van der Waals surface area contributed by atoms with Crippen molar-refractivity contribution in [3.8, 4) is 5.75 Å². The summed E-state index contributed by atoms with van der Waals surface area (Å²) >= 11 is 5.92. The van der Waals surface area contributed by atoms with Crippen LogP contribution in [-0.2, 0) is 18.3 Å². The minimum Gasteiger partial charge on any atom is -0.501 e. The fraction of sp³-hybridized carbons (Fsp3) is 0.571. The molecule has 0 saturated carbocycles. The lowest BCUT2D eigenvalue weighted by atomic mass is 10.3. The van der Waals surface area contributed by atoms with Gasteiger partial charge in [0.25, 0.3) is 0 Å². The predicted molar refractivity (Wildman–Crippen MR) is 83.5 cm³/mol. The van der Waals surface area contributed by atoms with Crippen LogP contribution in [0.25, 0.3) is 0 Å². The maximum atomic E-state index is 6.04. The van der Waals surface area contributed by atoms with Crippen molar-refractivity contribution >= 4 is 20.4 Å². The molecular formula is C14H23ClO5Si. The van der Waals surface area contributed by atoms with Crippen molar-refractivity contribution in [2.75, 3.05) is 20.1 Å². The van der Waals surface area contributed by atoms with Gasteiger partial charge in [-0.15, -0.1) is 11.6 Å². The third-order valence-corrected chi connectivity index (χ3v) is 6.07. The number of ether oxygens (including phenoxy) is 2. The number of rotatable bonds is 10. The molecule has 0 N–H and O–H groups in total. The molecule has 0 bridgehead atoms. The fourth-order valence-corrected chi connectivity index (χ4v) is 4.75. The Labute approximate surface area is 132 Å². The van der Waals surface area contributed by atoms with E-state index in [1.165, 1.54) is 0 Å². The van der Waals surface area contributed by atoms with Crippen LogP contribution in [0.5, 0.6) is 5.75 Å². The van der Waals surface area contributed by atoms with E-state index in [0.717, 1.165) is 0 Å². The van der Waals surface area contributed by atoms with Gasteiger partial charge in [0, 0.05) is 26.1 Å². The molecule has 120 valence electrons. The summed E-state index contributed by atoms with van der Waals surface area (Å²) < 4.78 is 28.2. The maximum absolute atomic E-state index is 6.04. The molecular weight excluding hydrogens is 312 g/mol. The highest BCUT2D eigenvalue weighted by molar-refractivity contribution is 6.62. The van der Waals surface area contributed by atoms with Gasteiger partial charge >= 0.3 is 8.80 Å².